The predicted octanol–water partition coefficient (Wildman–Crippen LogP) is 2.55. The van der Waals surface area contributed by atoms with Gasteiger partial charge in [-0.1, -0.05) is 13.0 Å². The van der Waals surface area contributed by atoms with Gasteiger partial charge in [0.05, 0.1) is 0 Å². The first-order valence-corrected chi connectivity index (χ1v) is 8.88. The molecule has 0 atom stereocenters. The van der Waals surface area contributed by atoms with Crippen LogP contribution in [-0.4, -0.2) is 20.5 Å². The van der Waals surface area contributed by atoms with E-state index in [0.29, 0.717) is 6.54 Å². The van der Waals surface area contributed by atoms with Gasteiger partial charge in [-0.25, -0.2) is 17.5 Å². The van der Waals surface area contributed by atoms with Crippen molar-refractivity contribution in [2.45, 2.75) is 56.5 Å². The lowest BCUT2D eigenvalue weighted by Gasteiger charge is -2.38. The molecule has 1 aliphatic rings. The fourth-order valence-electron chi connectivity index (χ4n) is 2.47. The summed E-state index contributed by atoms with van der Waals surface area (Å²) in [4.78, 5) is -0.269. The third-order valence-corrected chi connectivity index (χ3v) is 5.55. The average Bonchev–Trinajstić information content (AvgIpc) is 2.36. The minimum absolute atomic E-state index is 0.269. The van der Waals surface area contributed by atoms with Crippen molar-refractivity contribution in [1.82, 2.24) is 10.0 Å². The van der Waals surface area contributed by atoms with Crippen molar-refractivity contribution in [3.63, 3.8) is 0 Å². The fourth-order valence-corrected chi connectivity index (χ4v) is 4.00. The molecule has 1 aliphatic carbocycles. The van der Waals surface area contributed by atoms with Crippen LogP contribution in [0.15, 0.2) is 23.1 Å². The van der Waals surface area contributed by atoms with Crippen molar-refractivity contribution in [1.29, 1.82) is 0 Å². The number of halogens is 1. The Balaban J connectivity index is 2.12. The summed E-state index contributed by atoms with van der Waals surface area (Å²) in [5.74, 6) is -0.693. The molecule has 21 heavy (non-hydrogen) atoms. The lowest BCUT2D eigenvalue weighted by molar-refractivity contribution is 0.247. The monoisotopic (exact) mass is 314 g/mol. The van der Waals surface area contributed by atoms with Crippen molar-refractivity contribution in [3.8, 4) is 0 Å². The summed E-state index contributed by atoms with van der Waals surface area (Å²) in [6, 6.07) is 4.30. The van der Waals surface area contributed by atoms with E-state index in [9.17, 15) is 12.8 Å². The van der Waals surface area contributed by atoms with Crippen molar-refractivity contribution in [2.24, 2.45) is 0 Å². The highest BCUT2D eigenvalue weighted by atomic mass is 32.2. The van der Waals surface area contributed by atoms with Crippen molar-refractivity contribution < 1.29 is 12.8 Å². The van der Waals surface area contributed by atoms with E-state index in [1.54, 1.807) is 6.07 Å². The molecule has 0 heterocycles. The Kier molecular flexibility index (Phi) is 5.01. The molecular weight excluding hydrogens is 291 g/mol. The molecule has 0 aliphatic heterocycles. The summed E-state index contributed by atoms with van der Waals surface area (Å²) in [5.41, 5.74) is 0.321. The van der Waals surface area contributed by atoms with E-state index in [-0.39, 0.29) is 4.90 Å². The molecule has 6 heteroatoms. The second-order valence-corrected chi connectivity index (χ2v) is 7.61. The van der Waals surface area contributed by atoms with E-state index < -0.39 is 21.4 Å². The minimum atomic E-state index is -3.80. The van der Waals surface area contributed by atoms with Crippen LogP contribution in [0.1, 0.15) is 45.1 Å². The lowest BCUT2D eigenvalue weighted by atomic mass is 9.80. The lowest BCUT2D eigenvalue weighted by Crippen LogP contribution is -2.50. The molecule has 0 bridgehead atoms. The van der Waals surface area contributed by atoms with Gasteiger partial charge in [0, 0.05) is 12.1 Å². The Morgan fingerprint density at radius 1 is 1.33 bits per heavy atom. The van der Waals surface area contributed by atoms with Crippen molar-refractivity contribution >= 4 is 10.0 Å². The van der Waals surface area contributed by atoms with Crippen LogP contribution in [0, 0.1) is 5.82 Å². The van der Waals surface area contributed by atoms with Crippen LogP contribution in [0.3, 0.4) is 0 Å². The third-order valence-electron chi connectivity index (χ3n) is 3.88. The van der Waals surface area contributed by atoms with E-state index in [1.165, 1.54) is 12.1 Å². The molecule has 2 N–H and O–H groups in total. The molecule has 0 saturated heterocycles. The van der Waals surface area contributed by atoms with E-state index in [4.69, 9.17) is 0 Å². The molecule has 1 aromatic carbocycles. The van der Waals surface area contributed by atoms with Crippen LogP contribution in [0.25, 0.3) is 0 Å². The zero-order valence-corrected chi connectivity index (χ0v) is 13.4. The number of hydrogen-bond acceptors (Lipinski definition) is 3. The number of benzene rings is 1. The van der Waals surface area contributed by atoms with Gasteiger partial charge < -0.3 is 5.32 Å². The second-order valence-electron chi connectivity index (χ2n) is 5.96. The Labute approximate surface area is 126 Å². The van der Waals surface area contributed by atoms with Crippen LogP contribution in [0.4, 0.5) is 4.39 Å². The SMILES string of the molecule is CCCNCc1ccc(S(=O)(=O)NC2(C)CCC2)c(F)c1. The standard InChI is InChI=1S/C15H23FN2O2S/c1-3-9-17-11-12-5-6-14(13(16)10-12)21(19,20)18-15(2)7-4-8-15/h5-6,10,17-18H,3-4,7-9,11H2,1-2H3. The summed E-state index contributed by atoms with van der Waals surface area (Å²) < 4.78 is 41.3. The first-order chi connectivity index (χ1) is 9.86. The predicted molar refractivity (Wildman–Crippen MR) is 81.0 cm³/mol. The Hall–Kier alpha value is -0.980. The van der Waals surface area contributed by atoms with Crippen LogP contribution in [0.2, 0.25) is 0 Å². The van der Waals surface area contributed by atoms with Gasteiger partial charge in [-0.3, -0.25) is 0 Å². The molecule has 0 amide bonds. The van der Waals surface area contributed by atoms with Gasteiger partial charge in [0.2, 0.25) is 10.0 Å². The summed E-state index contributed by atoms with van der Waals surface area (Å²) >= 11 is 0. The first-order valence-electron chi connectivity index (χ1n) is 7.39. The van der Waals surface area contributed by atoms with Crippen molar-refractivity contribution in [2.75, 3.05) is 6.54 Å². The summed E-state index contributed by atoms with van der Waals surface area (Å²) in [6.07, 6.45) is 3.60. The van der Waals surface area contributed by atoms with Crippen LogP contribution in [0.5, 0.6) is 0 Å². The summed E-state index contributed by atoms with van der Waals surface area (Å²) in [6.45, 7) is 5.29. The maximum absolute atomic E-state index is 14.1. The van der Waals surface area contributed by atoms with E-state index in [1.807, 2.05) is 6.92 Å². The Bertz CT molecular complexity index is 598. The molecule has 0 aromatic heterocycles. The fraction of sp³-hybridized carbons (Fsp3) is 0.600. The van der Waals surface area contributed by atoms with Gasteiger partial charge in [0.1, 0.15) is 10.7 Å². The second kappa shape index (κ2) is 6.42. The normalized spacial score (nSPS) is 17.5. The molecule has 0 unspecified atom stereocenters. The van der Waals surface area contributed by atoms with E-state index in [2.05, 4.69) is 17.0 Å². The zero-order valence-electron chi connectivity index (χ0n) is 12.6. The van der Waals surface area contributed by atoms with E-state index in [0.717, 1.165) is 37.8 Å². The molecule has 0 radical (unpaired) electrons. The highest BCUT2D eigenvalue weighted by Gasteiger charge is 2.36. The van der Waals surface area contributed by atoms with Gasteiger partial charge in [-0.2, -0.15) is 0 Å². The molecule has 1 fully saturated rings. The largest absolute Gasteiger partial charge is 0.313 e. The van der Waals surface area contributed by atoms with Gasteiger partial charge in [-0.05, 0) is 56.8 Å². The minimum Gasteiger partial charge on any atom is -0.313 e. The van der Waals surface area contributed by atoms with Gasteiger partial charge in [-0.15, -0.1) is 0 Å². The number of rotatable bonds is 7. The summed E-state index contributed by atoms with van der Waals surface area (Å²) in [7, 11) is -3.80. The first kappa shape index (κ1) is 16.4. The maximum Gasteiger partial charge on any atom is 0.243 e. The molecule has 0 spiro atoms. The molecule has 4 nitrogen and oxygen atoms in total. The molecule has 1 saturated carbocycles. The van der Waals surface area contributed by atoms with Gasteiger partial charge in [0.15, 0.2) is 0 Å². The zero-order chi connectivity index (χ0) is 15.5. The number of hydrogen-bond donors (Lipinski definition) is 2. The molecule has 2 rings (SSSR count). The highest BCUT2D eigenvalue weighted by molar-refractivity contribution is 7.89. The van der Waals surface area contributed by atoms with E-state index >= 15 is 0 Å². The Morgan fingerprint density at radius 3 is 2.57 bits per heavy atom. The molecular formula is C15H23FN2O2S. The third kappa shape index (κ3) is 4.02. The number of nitrogens with one attached hydrogen (secondary N) is 2. The van der Waals surface area contributed by atoms with Gasteiger partial charge in [0.25, 0.3) is 0 Å². The summed E-state index contributed by atoms with van der Waals surface area (Å²) in [5, 5.41) is 3.16. The average molecular weight is 314 g/mol. The quantitative estimate of drug-likeness (QED) is 0.761. The van der Waals surface area contributed by atoms with Gasteiger partial charge >= 0.3 is 0 Å². The van der Waals surface area contributed by atoms with Crippen molar-refractivity contribution in [3.05, 3.63) is 29.6 Å². The molecule has 118 valence electrons. The van der Waals surface area contributed by atoms with Crippen LogP contribution in [-0.2, 0) is 16.6 Å². The topological polar surface area (TPSA) is 58.2 Å². The smallest absolute Gasteiger partial charge is 0.243 e. The number of sulfonamides is 1. The maximum atomic E-state index is 14.1. The Morgan fingerprint density at radius 2 is 2.05 bits per heavy atom. The van der Waals surface area contributed by atoms with Crippen LogP contribution >= 0.6 is 0 Å². The molecule has 1 aromatic rings. The highest BCUT2D eigenvalue weighted by Crippen LogP contribution is 2.33. The van der Waals surface area contributed by atoms with Crippen LogP contribution < -0.4 is 10.0 Å².